The van der Waals surface area contributed by atoms with E-state index in [1.807, 2.05) is 5.32 Å². The number of nitrogens with one attached hydrogen (secondary N) is 1. The molecule has 0 aromatic carbocycles. The molecule has 118 valence electrons. The minimum Gasteiger partial charge on any atom is -0.388 e. The van der Waals surface area contributed by atoms with Gasteiger partial charge in [-0.2, -0.15) is 0 Å². The van der Waals surface area contributed by atoms with Gasteiger partial charge in [-0.25, -0.2) is 14.4 Å². The van der Waals surface area contributed by atoms with Crippen molar-refractivity contribution in [2.45, 2.75) is 18.3 Å². The van der Waals surface area contributed by atoms with E-state index in [9.17, 15) is 29.5 Å². The van der Waals surface area contributed by atoms with Crippen LogP contribution in [0.1, 0.15) is 0 Å². The maximum absolute atomic E-state index is 11.3. The number of hydrogen-bond donors (Lipinski definition) is 6. The number of phosphoric ester groups is 1. The lowest BCUT2D eigenvalue weighted by Crippen LogP contribution is -2.40. The smallest absolute Gasteiger partial charge is 0.388 e. The van der Waals surface area contributed by atoms with E-state index in [-0.39, 0.29) is 5.57 Å². The van der Waals surface area contributed by atoms with Crippen LogP contribution in [0.2, 0.25) is 0 Å². The maximum atomic E-state index is 11.3. The first-order valence-electron chi connectivity index (χ1n) is 5.45. The molecule has 3 unspecified atom stereocenters. The van der Waals surface area contributed by atoms with Crippen LogP contribution < -0.4 is 5.32 Å². The lowest BCUT2D eigenvalue weighted by Gasteiger charge is -2.21. The first-order chi connectivity index (χ1) is 9.60. The first-order valence-corrected chi connectivity index (χ1v) is 6.98. The number of rotatable bonds is 6. The number of urea groups is 1. The van der Waals surface area contributed by atoms with Crippen molar-refractivity contribution in [3.05, 3.63) is 11.6 Å². The highest BCUT2D eigenvalue weighted by molar-refractivity contribution is 7.46. The third-order valence-electron chi connectivity index (χ3n) is 2.31. The fraction of sp³-hybridized carbons (Fsp3) is 0.444. The van der Waals surface area contributed by atoms with E-state index >= 15 is 0 Å². The van der Waals surface area contributed by atoms with Crippen molar-refractivity contribution < 1.29 is 43.8 Å². The number of carbonyl (C=O) groups is 2. The number of nitrogens with zero attached hydrogens (tertiary/aromatic N) is 1. The summed E-state index contributed by atoms with van der Waals surface area (Å²) in [6, 6.07) is -0.887. The van der Waals surface area contributed by atoms with E-state index in [1.165, 1.54) is 0 Å². The molecular formula is C9H13N2O9P. The van der Waals surface area contributed by atoms with Gasteiger partial charge in [0.15, 0.2) is 0 Å². The van der Waals surface area contributed by atoms with Crippen molar-refractivity contribution in [3.8, 4) is 0 Å². The van der Waals surface area contributed by atoms with Crippen molar-refractivity contribution in [1.82, 2.24) is 5.32 Å². The molecule has 0 aromatic heterocycles. The molecule has 1 aliphatic rings. The fourth-order valence-electron chi connectivity index (χ4n) is 1.29. The summed E-state index contributed by atoms with van der Waals surface area (Å²) < 4.78 is 14.4. The Hall–Kier alpha value is -1.46. The quantitative estimate of drug-likeness (QED) is 0.225. The second-order valence-corrected chi connectivity index (χ2v) is 5.21. The Bertz CT molecular complexity index is 525. The molecule has 0 saturated carbocycles. The van der Waals surface area contributed by atoms with Crippen LogP contribution in [-0.4, -0.2) is 68.2 Å². The molecule has 0 spiro atoms. The van der Waals surface area contributed by atoms with Crippen LogP contribution in [0.5, 0.6) is 0 Å². The second kappa shape index (κ2) is 7.00. The first kappa shape index (κ1) is 17.6. The third-order valence-corrected chi connectivity index (χ3v) is 2.80. The van der Waals surface area contributed by atoms with Crippen LogP contribution >= 0.6 is 7.82 Å². The highest BCUT2D eigenvalue weighted by Crippen LogP contribution is 2.35. The number of aliphatic hydroxyl groups excluding tert-OH is 3. The Balaban J connectivity index is 2.67. The van der Waals surface area contributed by atoms with Gasteiger partial charge < -0.3 is 25.1 Å². The molecule has 21 heavy (non-hydrogen) atoms. The Morgan fingerprint density at radius 3 is 2.48 bits per heavy atom. The predicted octanol–water partition coefficient (Wildman–Crippen LogP) is -2.57. The van der Waals surface area contributed by atoms with Gasteiger partial charge in [0.25, 0.3) is 5.91 Å². The molecule has 0 radical (unpaired) electrons. The van der Waals surface area contributed by atoms with E-state index in [1.54, 1.807) is 0 Å². The van der Waals surface area contributed by atoms with Crippen LogP contribution in [0.3, 0.4) is 0 Å². The Kier molecular flexibility index (Phi) is 5.87. The van der Waals surface area contributed by atoms with Crippen molar-refractivity contribution >= 4 is 26.0 Å². The minimum absolute atomic E-state index is 0.232. The number of phosphoric acid groups is 1. The summed E-state index contributed by atoms with van der Waals surface area (Å²) in [6.07, 6.45) is -3.80. The molecule has 1 rings (SSSR count). The fourth-order valence-corrected chi connectivity index (χ4v) is 1.64. The lowest BCUT2D eigenvalue weighted by molar-refractivity contribution is -0.116. The summed E-state index contributed by atoms with van der Waals surface area (Å²) in [6.45, 7) is -0.940. The third kappa shape index (κ3) is 5.81. The molecule has 0 aromatic rings. The van der Waals surface area contributed by atoms with Gasteiger partial charge in [0.2, 0.25) is 0 Å². The van der Waals surface area contributed by atoms with Crippen molar-refractivity contribution in [2.75, 3.05) is 6.61 Å². The number of aliphatic imine (C=N–C) groups is 1. The lowest BCUT2D eigenvalue weighted by atomic mass is 10.1. The molecular weight excluding hydrogens is 311 g/mol. The van der Waals surface area contributed by atoms with E-state index < -0.39 is 44.7 Å². The van der Waals surface area contributed by atoms with Crippen molar-refractivity contribution in [2.24, 2.45) is 4.99 Å². The van der Waals surface area contributed by atoms with Gasteiger partial charge in [-0.15, -0.1) is 0 Å². The monoisotopic (exact) mass is 324 g/mol. The topological polar surface area (TPSA) is 186 Å². The van der Waals surface area contributed by atoms with Gasteiger partial charge in [0.05, 0.1) is 12.2 Å². The van der Waals surface area contributed by atoms with Crippen LogP contribution in [-0.2, 0) is 13.9 Å². The number of aliphatic hydroxyl groups is 3. The molecule has 0 aliphatic carbocycles. The molecule has 1 aliphatic heterocycles. The molecule has 3 atom stereocenters. The highest BCUT2D eigenvalue weighted by Gasteiger charge is 2.28. The van der Waals surface area contributed by atoms with Crippen LogP contribution in [0.4, 0.5) is 4.79 Å². The summed E-state index contributed by atoms with van der Waals surface area (Å²) in [7, 11) is -4.83. The average Bonchev–Trinajstić information content (AvgIpc) is 2.37. The van der Waals surface area contributed by atoms with Gasteiger partial charge >= 0.3 is 13.9 Å². The molecule has 6 N–H and O–H groups in total. The second-order valence-electron chi connectivity index (χ2n) is 3.97. The van der Waals surface area contributed by atoms with Crippen LogP contribution in [0.25, 0.3) is 0 Å². The summed E-state index contributed by atoms with van der Waals surface area (Å²) in [5.41, 5.74) is -0.232. The molecule has 3 amide bonds. The van der Waals surface area contributed by atoms with E-state index in [0.29, 0.717) is 0 Å². The van der Waals surface area contributed by atoms with Gasteiger partial charge in [0.1, 0.15) is 18.3 Å². The summed E-state index contributed by atoms with van der Waals surface area (Å²) in [5.74, 6) is -0.859. The number of carbonyl (C=O) groups excluding carboxylic acids is 2. The molecule has 0 bridgehead atoms. The van der Waals surface area contributed by atoms with Crippen LogP contribution in [0.15, 0.2) is 16.6 Å². The standard InChI is InChI=1S/C9H13N2O9P/c12-5(1-4-2-10-9(16)11-8(4)15)7(14)6(13)3-20-21(17,18)19/h1-2,5-7,12-14H,3H2,(H,11,15,16)(H2,17,18,19). The summed E-state index contributed by atoms with van der Waals surface area (Å²) >= 11 is 0. The molecule has 1 heterocycles. The molecule has 0 fully saturated rings. The number of hydrogen-bond acceptors (Lipinski definition) is 7. The van der Waals surface area contributed by atoms with Crippen LogP contribution in [0, 0.1) is 0 Å². The SMILES string of the molecule is O=C1N=CC(=CC(O)C(O)C(O)COP(=O)(O)O)C(=O)N1. The Morgan fingerprint density at radius 1 is 1.33 bits per heavy atom. The Labute approximate surface area is 117 Å². The zero-order valence-corrected chi connectivity index (χ0v) is 11.3. The summed E-state index contributed by atoms with van der Waals surface area (Å²) in [5, 5.41) is 30.3. The van der Waals surface area contributed by atoms with E-state index in [2.05, 4.69) is 9.52 Å². The molecule has 0 saturated heterocycles. The number of amides is 3. The summed E-state index contributed by atoms with van der Waals surface area (Å²) in [4.78, 5) is 42.1. The normalized spacial score (nSPS) is 22.0. The zero-order chi connectivity index (χ0) is 16.2. The maximum Gasteiger partial charge on any atom is 0.469 e. The van der Waals surface area contributed by atoms with Crippen molar-refractivity contribution in [3.63, 3.8) is 0 Å². The van der Waals surface area contributed by atoms with Gasteiger partial charge in [0, 0.05) is 6.21 Å². The molecule has 11 nitrogen and oxygen atoms in total. The highest BCUT2D eigenvalue weighted by atomic mass is 31.2. The van der Waals surface area contributed by atoms with Gasteiger partial charge in [-0.1, -0.05) is 0 Å². The largest absolute Gasteiger partial charge is 0.469 e. The predicted molar refractivity (Wildman–Crippen MR) is 66.1 cm³/mol. The zero-order valence-electron chi connectivity index (χ0n) is 10.4. The average molecular weight is 324 g/mol. The van der Waals surface area contributed by atoms with E-state index in [4.69, 9.17) is 9.79 Å². The van der Waals surface area contributed by atoms with E-state index in [0.717, 1.165) is 12.3 Å². The minimum atomic E-state index is -4.83. The number of imide groups is 1. The van der Waals surface area contributed by atoms with Crippen molar-refractivity contribution in [1.29, 1.82) is 0 Å². The van der Waals surface area contributed by atoms with Gasteiger partial charge in [-0.05, 0) is 6.08 Å². The van der Waals surface area contributed by atoms with Gasteiger partial charge in [-0.3, -0.25) is 14.6 Å². The molecule has 12 heteroatoms. The Morgan fingerprint density at radius 2 is 1.95 bits per heavy atom.